The molecule has 0 aliphatic heterocycles. The van der Waals surface area contributed by atoms with E-state index in [4.69, 9.17) is 4.98 Å². The molecule has 7 heteroatoms. The van der Waals surface area contributed by atoms with E-state index in [1.807, 2.05) is 18.2 Å². The predicted octanol–water partition coefficient (Wildman–Crippen LogP) is 5.29. The smallest absolute Gasteiger partial charge is 0.252 e. The highest BCUT2D eigenvalue weighted by Gasteiger charge is 2.33. The van der Waals surface area contributed by atoms with Crippen LogP contribution in [0.2, 0.25) is 0 Å². The summed E-state index contributed by atoms with van der Waals surface area (Å²) in [5.74, 6) is 1.04. The lowest BCUT2D eigenvalue weighted by atomic mass is 9.88. The van der Waals surface area contributed by atoms with Gasteiger partial charge in [-0.2, -0.15) is 0 Å². The van der Waals surface area contributed by atoms with Crippen molar-refractivity contribution in [3.05, 3.63) is 60.2 Å². The molecule has 2 amide bonds. The van der Waals surface area contributed by atoms with Crippen molar-refractivity contribution < 1.29 is 9.59 Å². The van der Waals surface area contributed by atoms with Gasteiger partial charge in [0, 0.05) is 37.4 Å². The normalized spacial score (nSPS) is 17.1. The summed E-state index contributed by atoms with van der Waals surface area (Å²) in [6.07, 6.45) is 16.7. The highest BCUT2D eigenvalue weighted by molar-refractivity contribution is 5.93. The van der Waals surface area contributed by atoms with Gasteiger partial charge in [0.05, 0.1) is 16.6 Å². The number of imidazole rings is 1. The number of aromatic nitrogens is 3. The third-order valence-corrected chi connectivity index (χ3v) is 8.04. The van der Waals surface area contributed by atoms with Gasteiger partial charge < -0.3 is 14.8 Å². The zero-order valence-corrected chi connectivity index (χ0v) is 21.8. The van der Waals surface area contributed by atoms with E-state index in [1.165, 1.54) is 38.5 Å². The molecule has 2 saturated carbocycles. The first-order chi connectivity index (χ1) is 18.2. The molecule has 0 atom stereocenters. The summed E-state index contributed by atoms with van der Waals surface area (Å²) in [5.41, 5.74) is 2.50. The van der Waals surface area contributed by atoms with Gasteiger partial charge >= 0.3 is 0 Å². The topological polar surface area (TPSA) is 80.1 Å². The van der Waals surface area contributed by atoms with Gasteiger partial charge in [0.2, 0.25) is 5.91 Å². The molecule has 2 aliphatic carbocycles. The summed E-state index contributed by atoms with van der Waals surface area (Å²) in [6.45, 7) is 0.881. The fourth-order valence-electron chi connectivity index (χ4n) is 6.18. The molecule has 1 aromatic carbocycles. The lowest BCUT2D eigenvalue weighted by Crippen LogP contribution is -2.50. The second kappa shape index (κ2) is 12.3. The number of benzene rings is 1. The van der Waals surface area contributed by atoms with E-state index < -0.39 is 0 Å². The van der Waals surface area contributed by atoms with Crippen molar-refractivity contribution in [3.8, 4) is 0 Å². The maximum absolute atomic E-state index is 14.0. The highest BCUT2D eigenvalue weighted by Crippen LogP contribution is 2.31. The summed E-state index contributed by atoms with van der Waals surface area (Å²) < 4.78 is 2.12. The lowest BCUT2D eigenvalue weighted by molar-refractivity contribution is -0.138. The molecular weight excluding hydrogens is 462 g/mol. The number of carbonyl (C=O) groups is 2. The number of amides is 2. The molecular formula is C30H39N5O2. The fraction of sp³-hybridized carbons (Fsp3) is 0.533. The minimum atomic E-state index is -0.118. The van der Waals surface area contributed by atoms with Gasteiger partial charge in [0.1, 0.15) is 12.4 Å². The van der Waals surface area contributed by atoms with Crippen LogP contribution in [0.25, 0.3) is 11.0 Å². The third kappa shape index (κ3) is 6.20. The first kappa shape index (κ1) is 25.4. The van der Waals surface area contributed by atoms with Crippen LogP contribution in [0.1, 0.15) is 86.8 Å². The van der Waals surface area contributed by atoms with Crippen LogP contribution in [0.4, 0.5) is 0 Å². The van der Waals surface area contributed by atoms with Gasteiger partial charge in [-0.15, -0.1) is 0 Å². The second-order valence-corrected chi connectivity index (χ2v) is 10.6. The molecule has 0 saturated heterocycles. The summed E-state index contributed by atoms with van der Waals surface area (Å²) >= 11 is 0. The number of aryl methyl sites for hydroxylation is 1. The van der Waals surface area contributed by atoms with Crippen molar-refractivity contribution in [3.63, 3.8) is 0 Å². The van der Waals surface area contributed by atoms with Gasteiger partial charge in [-0.05, 0) is 56.4 Å². The van der Waals surface area contributed by atoms with Crippen LogP contribution in [0, 0.1) is 0 Å². The lowest BCUT2D eigenvalue weighted by Gasteiger charge is -2.42. The molecule has 196 valence electrons. The molecule has 0 radical (unpaired) electrons. The number of hydrogen-bond acceptors (Lipinski definition) is 4. The van der Waals surface area contributed by atoms with Gasteiger partial charge in [0.25, 0.3) is 5.91 Å². The third-order valence-electron chi connectivity index (χ3n) is 8.04. The largest absolute Gasteiger partial charge is 0.352 e. The van der Waals surface area contributed by atoms with Crippen molar-refractivity contribution in [2.45, 2.75) is 95.7 Å². The summed E-state index contributed by atoms with van der Waals surface area (Å²) in [7, 11) is 0. The van der Waals surface area contributed by atoms with Crippen LogP contribution < -0.4 is 5.32 Å². The van der Waals surface area contributed by atoms with E-state index in [0.717, 1.165) is 49.0 Å². The Kier molecular flexibility index (Phi) is 8.49. The van der Waals surface area contributed by atoms with E-state index >= 15 is 0 Å². The van der Waals surface area contributed by atoms with Gasteiger partial charge in [-0.3, -0.25) is 14.6 Å². The van der Waals surface area contributed by atoms with Crippen molar-refractivity contribution >= 4 is 22.8 Å². The summed E-state index contributed by atoms with van der Waals surface area (Å²) in [5, 5.41) is 2.98. The molecule has 3 aromatic rings. The minimum Gasteiger partial charge on any atom is -0.352 e. The minimum absolute atomic E-state index is 0.118. The van der Waals surface area contributed by atoms with E-state index in [1.54, 1.807) is 24.5 Å². The molecule has 37 heavy (non-hydrogen) atoms. The van der Waals surface area contributed by atoms with Crippen LogP contribution in [0.5, 0.6) is 0 Å². The quantitative estimate of drug-likeness (QED) is 0.404. The molecule has 0 unspecified atom stereocenters. The molecule has 0 bridgehead atoms. The maximum Gasteiger partial charge on any atom is 0.252 e. The monoisotopic (exact) mass is 501 g/mol. The highest BCUT2D eigenvalue weighted by atomic mass is 16.2. The maximum atomic E-state index is 14.0. The zero-order chi connectivity index (χ0) is 25.5. The van der Waals surface area contributed by atoms with Gasteiger partial charge in [-0.25, -0.2) is 4.98 Å². The van der Waals surface area contributed by atoms with Crippen molar-refractivity contribution in [2.75, 3.05) is 6.54 Å². The molecule has 2 heterocycles. The second-order valence-electron chi connectivity index (χ2n) is 10.6. The van der Waals surface area contributed by atoms with Crippen LogP contribution in [0.3, 0.4) is 0 Å². The molecule has 1 N–H and O–H groups in total. The molecule has 2 aromatic heterocycles. The van der Waals surface area contributed by atoms with Gasteiger partial charge in [-0.1, -0.05) is 50.7 Å². The SMILES string of the molecule is O=C(NCCCc1nc2ccccc2n1CC(=O)N(C1CCCCC1)C1CCCCC1)c1cccnc1. The molecule has 2 fully saturated rings. The standard InChI is InChI=1S/C30H39N5O2/c36-29(35(24-12-3-1-4-13-24)25-14-5-2-6-15-25)22-34-27-17-8-7-16-26(27)33-28(34)18-10-20-32-30(37)23-11-9-19-31-21-23/h7-9,11,16-17,19,21,24-25H,1-6,10,12-15,18,20,22H2,(H,32,37). The van der Waals surface area contributed by atoms with E-state index in [-0.39, 0.29) is 11.8 Å². The van der Waals surface area contributed by atoms with Crippen LogP contribution in [-0.2, 0) is 17.8 Å². The number of para-hydroxylation sites is 2. The number of hydrogen-bond donors (Lipinski definition) is 1. The first-order valence-corrected chi connectivity index (χ1v) is 14.1. The number of fused-ring (bicyclic) bond motifs is 1. The van der Waals surface area contributed by atoms with E-state index in [9.17, 15) is 9.59 Å². The van der Waals surface area contributed by atoms with E-state index in [2.05, 4.69) is 25.8 Å². The molecule has 7 nitrogen and oxygen atoms in total. The first-order valence-electron chi connectivity index (χ1n) is 14.1. The molecule has 2 aliphatic rings. The number of nitrogens with one attached hydrogen (secondary N) is 1. The zero-order valence-electron chi connectivity index (χ0n) is 21.8. The number of rotatable bonds is 9. The average molecular weight is 502 g/mol. The predicted molar refractivity (Wildman–Crippen MR) is 145 cm³/mol. The van der Waals surface area contributed by atoms with Crippen LogP contribution in [-0.4, -0.2) is 49.9 Å². The van der Waals surface area contributed by atoms with Crippen molar-refractivity contribution in [1.29, 1.82) is 0 Å². The Morgan fingerprint density at radius 2 is 1.62 bits per heavy atom. The Balaban J connectivity index is 1.30. The Morgan fingerprint density at radius 3 is 2.30 bits per heavy atom. The van der Waals surface area contributed by atoms with Crippen LogP contribution >= 0.6 is 0 Å². The van der Waals surface area contributed by atoms with E-state index in [0.29, 0.717) is 37.2 Å². The van der Waals surface area contributed by atoms with Crippen molar-refractivity contribution in [1.82, 2.24) is 24.8 Å². The average Bonchev–Trinajstić information content (AvgIpc) is 3.29. The van der Waals surface area contributed by atoms with Crippen LogP contribution in [0.15, 0.2) is 48.8 Å². The Bertz CT molecular complexity index is 1160. The summed E-state index contributed by atoms with van der Waals surface area (Å²) in [4.78, 5) is 37.6. The molecule has 0 spiro atoms. The number of pyridine rings is 1. The Labute approximate surface area is 219 Å². The Morgan fingerprint density at radius 1 is 0.919 bits per heavy atom. The number of carbonyl (C=O) groups excluding carboxylic acids is 2. The van der Waals surface area contributed by atoms with Gasteiger partial charge in [0.15, 0.2) is 0 Å². The summed E-state index contributed by atoms with van der Waals surface area (Å²) in [6, 6.07) is 12.4. The molecule has 5 rings (SSSR count). The Hall–Kier alpha value is -3.22. The van der Waals surface area contributed by atoms with Crippen molar-refractivity contribution in [2.24, 2.45) is 0 Å². The fourth-order valence-corrected chi connectivity index (χ4v) is 6.18. The number of nitrogens with zero attached hydrogens (tertiary/aromatic N) is 4.